The molecule has 0 atom stereocenters. The fourth-order valence-electron chi connectivity index (χ4n) is 4.19. The number of carbonyl (C=O) groups excluding carboxylic acids is 1. The van der Waals surface area contributed by atoms with Gasteiger partial charge in [-0.15, -0.1) is 11.3 Å². The van der Waals surface area contributed by atoms with Crippen LogP contribution in [-0.4, -0.2) is 60.5 Å². The summed E-state index contributed by atoms with van der Waals surface area (Å²) in [5.41, 5.74) is 1.89. The van der Waals surface area contributed by atoms with Crippen molar-refractivity contribution < 1.29 is 27.4 Å². The van der Waals surface area contributed by atoms with E-state index in [1.807, 2.05) is 11.4 Å². The first-order valence-corrected chi connectivity index (χ1v) is 13.4. The zero-order valence-corrected chi connectivity index (χ0v) is 21.8. The topological polar surface area (TPSA) is 79.5 Å². The lowest BCUT2D eigenvalue weighted by molar-refractivity contribution is -0.137. The standard InChI is InChI=1S/C28H27F3N4O3S/c29-28(30,31)22-6-2-19(3-7-22)21-16-25(39-18-21)24-17-26(34-33-24)32-27(36)20-4-8-23(9-5-20)38-13-1-10-35-11-14-37-15-12-35/h2-9,16-18H,1,10-15H2,(H2,32,33,34,36). The van der Waals surface area contributed by atoms with Crippen molar-refractivity contribution in [3.63, 3.8) is 0 Å². The largest absolute Gasteiger partial charge is 0.494 e. The maximum absolute atomic E-state index is 12.8. The van der Waals surface area contributed by atoms with E-state index in [1.165, 1.54) is 23.5 Å². The molecular formula is C28H27F3N4O3S. The number of amides is 1. The highest BCUT2D eigenvalue weighted by molar-refractivity contribution is 7.14. The van der Waals surface area contributed by atoms with Gasteiger partial charge in [-0.25, -0.2) is 0 Å². The number of aromatic nitrogens is 2. The van der Waals surface area contributed by atoms with E-state index in [0.29, 0.717) is 35.0 Å². The SMILES string of the molecule is O=C(Nc1cc(-c2cc(-c3ccc(C(F)(F)F)cc3)cs2)n[nH]1)c1ccc(OCCCN2CCOCC2)cc1. The van der Waals surface area contributed by atoms with Gasteiger partial charge in [0.1, 0.15) is 17.3 Å². The second-order valence-electron chi connectivity index (χ2n) is 9.08. The number of carbonyl (C=O) groups is 1. The van der Waals surface area contributed by atoms with Gasteiger partial charge in [0.05, 0.1) is 30.3 Å². The molecule has 0 unspecified atom stereocenters. The minimum Gasteiger partial charge on any atom is -0.494 e. The lowest BCUT2D eigenvalue weighted by Gasteiger charge is -2.26. The summed E-state index contributed by atoms with van der Waals surface area (Å²) in [6, 6.07) is 15.6. The number of hydrogen-bond donors (Lipinski definition) is 2. The van der Waals surface area contributed by atoms with Gasteiger partial charge in [-0.1, -0.05) is 12.1 Å². The van der Waals surface area contributed by atoms with Crippen molar-refractivity contribution in [2.45, 2.75) is 12.6 Å². The van der Waals surface area contributed by atoms with Crippen molar-refractivity contribution >= 4 is 23.1 Å². The van der Waals surface area contributed by atoms with Gasteiger partial charge in [0.25, 0.3) is 5.91 Å². The van der Waals surface area contributed by atoms with Gasteiger partial charge >= 0.3 is 6.18 Å². The van der Waals surface area contributed by atoms with Crippen molar-refractivity contribution in [1.82, 2.24) is 15.1 Å². The molecule has 0 saturated carbocycles. The summed E-state index contributed by atoms with van der Waals surface area (Å²) in [7, 11) is 0. The third kappa shape index (κ3) is 7.05. The van der Waals surface area contributed by atoms with Crippen LogP contribution in [0.5, 0.6) is 5.75 Å². The molecule has 1 aliphatic heterocycles. The number of H-pyrrole nitrogens is 1. The minimum absolute atomic E-state index is 0.291. The van der Waals surface area contributed by atoms with E-state index >= 15 is 0 Å². The number of halogens is 3. The number of rotatable bonds is 9. The number of anilines is 1. The molecule has 0 aliphatic carbocycles. The van der Waals surface area contributed by atoms with E-state index in [9.17, 15) is 18.0 Å². The highest BCUT2D eigenvalue weighted by Gasteiger charge is 2.30. The fraction of sp³-hybridized carbons (Fsp3) is 0.286. The number of morpholine rings is 1. The van der Waals surface area contributed by atoms with Gasteiger partial charge < -0.3 is 14.8 Å². The molecule has 2 aromatic carbocycles. The molecule has 0 radical (unpaired) electrons. The molecule has 4 aromatic rings. The quantitative estimate of drug-likeness (QED) is 0.241. The first-order valence-electron chi connectivity index (χ1n) is 12.5. The molecule has 3 heterocycles. The molecular weight excluding hydrogens is 529 g/mol. The number of nitrogens with zero attached hydrogens (tertiary/aromatic N) is 2. The third-order valence-electron chi connectivity index (χ3n) is 6.33. The summed E-state index contributed by atoms with van der Waals surface area (Å²) in [4.78, 5) is 15.9. The Morgan fingerprint density at radius 2 is 1.79 bits per heavy atom. The summed E-state index contributed by atoms with van der Waals surface area (Å²) in [5, 5.41) is 11.7. The zero-order chi connectivity index (χ0) is 27.2. The third-order valence-corrected chi connectivity index (χ3v) is 7.28. The smallest absolute Gasteiger partial charge is 0.416 e. The van der Waals surface area contributed by atoms with Crippen molar-refractivity contribution in [3.05, 3.63) is 77.2 Å². The molecule has 7 nitrogen and oxygen atoms in total. The molecule has 1 saturated heterocycles. The molecule has 1 amide bonds. The number of thiophene rings is 1. The summed E-state index contributed by atoms with van der Waals surface area (Å²) < 4.78 is 49.6. The molecule has 204 valence electrons. The van der Waals surface area contributed by atoms with Crippen molar-refractivity contribution in [1.29, 1.82) is 0 Å². The molecule has 11 heteroatoms. The molecule has 5 rings (SSSR count). The average Bonchev–Trinajstić information content (AvgIpc) is 3.62. The molecule has 0 spiro atoms. The molecule has 39 heavy (non-hydrogen) atoms. The van der Waals surface area contributed by atoms with Gasteiger partial charge in [-0.3, -0.25) is 14.8 Å². The summed E-state index contributed by atoms with van der Waals surface area (Å²) >= 11 is 1.41. The summed E-state index contributed by atoms with van der Waals surface area (Å²) in [6.45, 7) is 5.05. The molecule has 1 aliphatic rings. The monoisotopic (exact) mass is 556 g/mol. The van der Waals surface area contributed by atoms with Crippen LogP contribution in [0.4, 0.5) is 19.0 Å². The van der Waals surface area contributed by atoms with Crippen LogP contribution < -0.4 is 10.1 Å². The van der Waals surface area contributed by atoms with Gasteiger partial charge in [-0.05, 0) is 65.4 Å². The Morgan fingerprint density at radius 1 is 1.05 bits per heavy atom. The molecule has 1 fully saturated rings. The summed E-state index contributed by atoms with van der Waals surface area (Å²) in [5.74, 6) is 0.850. The van der Waals surface area contributed by atoms with E-state index in [2.05, 4.69) is 20.4 Å². The van der Waals surface area contributed by atoms with E-state index in [-0.39, 0.29) is 5.91 Å². The number of hydrogen-bond acceptors (Lipinski definition) is 6. The van der Waals surface area contributed by atoms with E-state index in [4.69, 9.17) is 9.47 Å². The number of benzene rings is 2. The van der Waals surface area contributed by atoms with Crippen molar-refractivity contribution in [3.8, 4) is 27.4 Å². The van der Waals surface area contributed by atoms with Gasteiger partial charge in [0.15, 0.2) is 0 Å². The number of ether oxygens (including phenoxy) is 2. The maximum atomic E-state index is 12.8. The Balaban J connectivity index is 1.13. The van der Waals surface area contributed by atoms with Gasteiger partial charge in [0.2, 0.25) is 0 Å². The minimum atomic E-state index is -4.37. The van der Waals surface area contributed by atoms with E-state index < -0.39 is 11.7 Å². The molecule has 0 bridgehead atoms. The van der Waals surface area contributed by atoms with Crippen LogP contribution in [-0.2, 0) is 10.9 Å². The Kier molecular flexibility index (Phi) is 8.30. The van der Waals surface area contributed by atoms with Gasteiger partial charge in [0, 0.05) is 31.3 Å². The van der Waals surface area contributed by atoms with Crippen LogP contribution in [0.2, 0.25) is 0 Å². The fourth-order valence-corrected chi connectivity index (χ4v) is 5.06. The average molecular weight is 557 g/mol. The van der Waals surface area contributed by atoms with Crippen molar-refractivity contribution in [2.24, 2.45) is 0 Å². The van der Waals surface area contributed by atoms with Gasteiger partial charge in [-0.2, -0.15) is 18.3 Å². The zero-order valence-electron chi connectivity index (χ0n) is 21.0. The number of nitrogens with one attached hydrogen (secondary N) is 2. The van der Waals surface area contributed by atoms with Crippen LogP contribution in [0, 0.1) is 0 Å². The highest BCUT2D eigenvalue weighted by atomic mass is 32.1. The predicted octanol–water partition coefficient (Wildman–Crippen LogP) is 6.18. The van der Waals surface area contributed by atoms with Crippen LogP contribution in [0.15, 0.2) is 66.0 Å². The lowest BCUT2D eigenvalue weighted by atomic mass is 10.1. The predicted molar refractivity (Wildman–Crippen MR) is 144 cm³/mol. The normalized spacial score (nSPS) is 14.3. The number of alkyl halides is 3. The number of aromatic amines is 1. The maximum Gasteiger partial charge on any atom is 0.416 e. The lowest BCUT2D eigenvalue weighted by Crippen LogP contribution is -2.37. The van der Waals surface area contributed by atoms with Crippen LogP contribution in [0.3, 0.4) is 0 Å². The molecule has 2 aromatic heterocycles. The van der Waals surface area contributed by atoms with E-state index in [1.54, 1.807) is 30.3 Å². The van der Waals surface area contributed by atoms with Crippen molar-refractivity contribution in [2.75, 3.05) is 44.8 Å². The second kappa shape index (κ2) is 12.0. The summed E-state index contributed by atoms with van der Waals surface area (Å²) in [6.07, 6.45) is -3.45. The van der Waals surface area contributed by atoms with Crippen LogP contribution in [0.25, 0.3) is 21.7 Å². The Morgan fingerprint density at radius 3 is 2.51 bits per heavy atom. The first-order chi connectivity index (χ1) is 18.8. The molecule has 2 N–H and O–H groups in total. The second-order valence-corrected chi connectivity index (χ2v) is 9.99. The Labute approximate surface area is 227 Å². The Bertz CT molecular complexity index is 1380. The van der Waals surface area contributed by atoms with Crippen LogP contribution >= 0.6 is 11.3 Å². The van der Waals surface area contributed by atoms with E-state index in [0.717, 1.165) is 61.8 Å². The Hall–Kier alpha value is -3.67. The van der Waals surface area contributed by atoms with Crippen LogP contribution in [0.1, 0.15) is 22.3 Å². The highest BCUT2D eigenvalue weighted by Crippen LogP contribution is 2.35. The first kappa shape index (κ1) is 26.9.